The van der Waals surface area contributed by atoms with Gasteiger partial charge >= 0.3 is 0 Å². The minimum absolute atomic E-state index is 0.0558. The Morgan fingerprint density at radius 1 is 1.23 bits per heavy atom. The van der Waals surface area contributed by atoms with Gasteiger partial charge in [-0.15, -0.1) is 5.10 Å². The Morgan fingerprint density at radius 2 is 2.00 bits per heavy atom. The van der Waals surface area contributed by atoms with Crippen molar-refractivity contribution in [2.45, 2.75) is 25.8 Å². The molecule has 1 aliphatic rings. The molecule has 3 rings (SSSR count). The van der Waals surface area contributed by atoms with E-state index in [9.17, 15) is 4.39 Å². The average molecular weight is 361 g/mol. The van der Waals surface area contributed by atoms with Gasteiger partial charge in [-0.2, -0.15) is 5.10 Å². The number of fused-ring (bicyclic) bond motifs is 1. The lowest BCUT2D eigenvalue weighted by Crippen LogP contribution is -2.33. The molecule has 0 fully saturated rings. The van der Waals surface area contributed by atoms with Crippen LogP contribution in [0.2, 0.25) is 15.2 Å². The molecule has 2 heterocycles. The Balaban J connectivity index is 2.06. The van der Waals surface area contributed by atoms with Crippen LogP contribution >= 0.6 is 34.8 Å². The maximum atomic E-state index is 13.8. The molecule has 0 saturated heterocycles. The molecule has 0 unspecified atom stereocenters. The van der Waals surface area contributed by atoms with E-state index in [4.69, 9.17) is 34.8 Å². The molecular formula is C15H13Cl3FN3. The van der Waals surface area contributed by atoms with Crippen LogP contribution in [0.1, 0.15) is 30.6 Å². The number of nitrogens with zero attached hydrogens (tertiary/aromatic N) is 3. The van der Waals surface area contributed by atoms with E-state index in [-0.39, 0.29) is 11.1 Å². The summed E-state index contributed by atoms with van der Waals surface area (Å²) in [5.41, 5.74) is 2.35. The summed E-state index contributed by atoms with van der Waals surface area (Å²) in [6, 6.07) is 4.38. The second kappa shape index (κ2) is 6.19. The van der Waals surface area contributed by atoms with Crippen molar-refractivity contribution in [3.05, 3.63) is 50.5 Å². The summed E-state index contributed by atoms with van der Waals surface area (Å²) in [6.07, 6.45) is 1.77. The maximum Gasteiger partial charge on any atom is 0.153 e. The van der Waals surface area contributed by atoms with Gasteiger partial charge in [-0.25, -0.2) is 4.39 Å². The van der Waals surface area contributed by atoms with Crippen LogP contribution in [-0.2, 0) is 6.42 Å². The molecule has 116 valence electrons. The number of anilines is 1. The largest absolute Gasteiger partial charge is 0.363 e. The van der Waals surface area contributed by atoms with Gasteiger partial charge in [0.05, 0.1) is 22.4 Å². The molecule has 1 aromatic carbocycles. The van der Waals surface area contributed by atoms with E-state index in [1.807, 2.05) is 6.92 Å². The van der Waals surface area contributed by atoms with Gasteiger partial charge in [0.25, 0.3) is 0 Å². The Kier molecular flexibility index (Phi) is 4.44. The number of halogens is 4. The SMILES string of the molecule is C[C@H](c1c(Cl)ccc(F)c1Cl)N1CCCc2nnc(Cl)cc21. The molecular weight excluding hydrogens is 348 g/mol. The third-order valence-electron chi connectivity index (χ3n) is 3.90. The monoisotopic (exact) mass is 359 g/mol. The van der Waals surface area contributed by atoms with E-state index >= 15 is 0 Å². The molecule has 22 heavy (non-hydrogen) atoms. The van der Waals surface area contributed by atoms with Crippen molar-refractivity contribution < 1.29 is 4.39 Å². The molecule has 2 aromatic rings. The quantitative estimate of drug-likeness (QED) is 0.699. The number of rotatable bonds is 2. The lowest BCUT2D eigenvalue weighted by atomic mass is 10.0. The van der Waals surface area contributed by atoms with Crippen LogP contribution in [-0.4, -0.2) is 16.7 Å². The molecule has 0 saturated carbocycles. The lowest BCUT2D eigenvalue weighted by Gasteiger charge is -2.36. The standard InChI is InChI=1S/C15H13Cl3FN3/c1-8(14-9(16)4-5-10(19)15(14)18)22-6-2-3-11-12(22)7-13(17)21-20-11/h4-5,7-8H,2-3,6H2,1H3/t8-/m1/s1. The molecule has 3 nitrogen and oxygen atoms in total. The number of benzene rings is 1. The minimum Gasteiger partial charge on any atom is -0.363 e. The highest BCUT2D eigenvalue weighted by molar-refractivity contribution is 6.36. The molecule has 7 heteroatoms. The molecule has 0 aliphatic carbocycles. The van der Waals surface area contributed by atoms with E-state index in [0.717, 1.165) is 30.8 Å². The third kappa shape index (κ3) is 2.75. The number of hydrogen-bond donors (Lipinski definition) is 0. The van der Waals surface area contributed by atoms with Gasteiger partial charge in [0.1, 0.15) is 5.82 Å². The van der Waals surface area contributed by atoms with Crippen LogP contribution in [0.5, 0.6) is 0 Å². The second-order valence-corrected chi connectivity index (χ2v) is 6.40. The van der Waals surface area contributed by atoms with Crippen LogP contribution in [0, 0.1) is 5.82 Å². The van der Waals surface area contributed by atoms with E-state index in [0.29, 0.717) is 15.7 Å². The van der Waals surface area contributed by atoms with Crippen LogP contribution in [0.15, 0.2) is 18.2 Å². The highest BCUT2D eigenvalue weighted by Crippen LogP contribution is 2.39. The van der Waals surface area contributed by atoms with Crippen LogP contribution in [0.25, 0.3) is 0 Å². The highest BCUT2D eigenvalue weighted by atomic mass is 35.5. The summed E-state index contributed by atoms with van der Waals surface area (Å²) >= 11 is 18.3. The number of aromatic nitrogens is 2. The molecule has 0 radical (unpaired) electrons. The van der Waals surface area contributed by atoms with Crippen molar-refractivity contribution in [2.75, 3.05) is 11.4 Å². The second-order valence-electron chi connectivity index (χ2n) is 5.23. The minimum atomic E-state index is -0.476. The Labute approximate surface area is 143 Å². The number of hydrogen-bond acceptors (Lipinski definition) is 3. The first-order valence-electron chi connectivity index (χ1n) is 6.91. The van der Waals surface area contributed by atoms with Crippen molar-refractivity contribution in [2.24, 2.45) is 0 Å². The molecule has 0 amide bonds. The van der Waals surface area contributed by atoms with Gasteiger partial charge < -0.3 is 4.90 Å². The fourth-order valence-corrected chi connectivity index (χ4v) is 3.66. The zero-order valence-corrected chi connectivity index (χ0v) is 14.1. The first kappa shape index (κ1) is 15.8. The Bertz CT molecular complexity index is 723. The van der Waals surface area contributed by atoms with Crippen molar-refractivity contribution in [3.63, 3.8) is 0 Å². The zero-order valence-electron chi connectivity index (χ0n) is 11.8. The van der Waals surface area contributed by atoms with Crippen molar-refractivity contribution in [3.8, 4) is 0 Å². The Morgan fingerprint density at radius 3 is 2.77 bits per heavy atom. The maximum absolute atomic E-state index is 13.8. The van der Waals surface area contributed by atoms with Gasteiger partial charge in [-0.3, -0.25) is 0 Å². The smallest absolute Gasteiger partial charge is 0.153 e. The van der Waals surface area contributed by atoms with E-state index in [1.165, 1.54) is 12.1 Å². The summed E-state index contributed by atoms with van der Waals surface area (Å²) in [5.74, 6) is -0.476. The summed E-state index contributed by atoms with van der Waals surface area (Å²) in [4.78, 5) is 2.09. The molecule has 1 aliphatic heterocycles. The zero-order chi connectivity index (χ0) is 15.9. The van der Waals surface area contributed by atoms with Gasteiger partial charge in [0.15, 0.2) is 5.15 Å². The van der Waals surface area contributed by atoms with Crippen LogP contribution < -0.4 is 4.90 Å². The Hall–Kier alpha value is -1.10. The number of aryl methyl sites for hydroxylation is 1. The molecule has 1 aromatic heterocycles. The fourth-order valence-electron chi connectivity index (χ4n) is 2.83. The fraction of sp³-hybridized carbons (Fsp3) is 0.333. The van der Waals surface area contributed by atoms with Gasteiger partial charge in [-0.05, 0) is 31.9 Å². The summed E-state index contributed by atoms with van der Waals surface area (Å²) in [7, 11) is 0. The van der Waals surface area contributed by atoms with E-state index in [1.54, 1.807) is 6.07 Å². The first-order valence-corrected chi connectivity index (χ1v) is 8.04. The molecule has 0 spiro atoms. The first-order chi connectivity index (χ1) is 10.5. The molecule has 0 bridgehead atoms. The van der Waals surface area contributed by atoms with E-state index < -0.39 is 5.82 Å². The van der Waals surface area contributed by atoms with Crippen LogP contribution in [0.3, 0.4) is 0 Å². The van der Waals surface area contributed by atoms with Crippen LogP contribution in [0.4, 0.5) is 10.1 Å². The summed E-state index contributed by atoms with van der Waals surface area (Å²) in [6.45, 7) is 2.73. The van der Waals surface area contributed by atoms with Crippen molar-refractivity contribution in [1.82, 2.24) is 10.2 Å². The topological polar surface area (TPSA) is 29.0 Å². The predicted molar refractivity (Wildman–Crippen MR) is 87.5 cm³/mol. The molecule has 1 atom stereocenters. The van der Waals surface area contributed by atoms with Gasteiger partial charge in [-0.1, -0.05) is 34.8 Å². The average Bonchev–Trinajstić information content (AvgIpc) is 2.50. The van der Waals surface area contributed by atoms with Crippen molar-refractivity contribution in [1.29, 1.82) is 0 Å². The predicted octanol–water partition coefficient (Wildman–Crippen LogP) is 5.09. The summed E-state index contributed by atoms with van der Waals surface area (Å²) < 4.78 is 13.8. The normalized spacial score (nSPS) is 15.6. The van der Waals surface area contributed by atoms with Crippen molar-refractivity contribution >= 4 is 40.5 Å². The molecule has 0 N–H and O–H groups in total. The van der Waals surface area contributed by atoms with E-state index in [2.05, 4.69) is 15.1 Å². The van der Waals surface area contributed by atoms with Gasteiger partial charge in [0, 0.05) is 23.2 Å². The highest BCUT2D eigenvalue weighted by Gasteiger charge is 2.27. The third-order valence-corrected chi connectivity index (χ3v) is 4.80. The lowest BCUT2D eigenvalue weighted by molar-refractivity contribution is 0.591. The summed E-state index contributed by atoms with van der Waals surface area (Å²) in [5, 5.41) is 8.86. The van der Waals surface area contributed by atoms with Gasteiger partial charge in [0.2, 0.25) is 0 Å².